The Balaban J connectivity index is 1.55. The molecule has 10 nitrogen and oxygen atoms in total. The van der Waals surface area contributed by atoms with Crippen LogP contribution in [-0.2, 0) is 9.53 Å². The molecular weight excluding hydrogens is 668 g/mol. The molecule has 250 valence electrons. The fourth-order valence-corrected chi connectivity index (χ4v) is 6.73. The Bertz CT molecular complexity index is 2270. The third-order valence-corrected chi connectivity index (χ3v) is 8.95. The number of furan rings is 1. The lowest BCUT2D eigenvalue weighted by molar-refractivity contribution is -0.138. The first-order valence-corrected chi connectivity index (χ1v) is 16.7. The molecule has 1 atom stereocenters. The zero-order chi connectivity index (χ0) is 34.7. The number of carbonyl (C=O) groups excluding carboxylic acids is 1. The molecule has 0 fully saturated rings. The number of aromatic nitrogens is 1. The molecule has 3 aromatic carbocycles. The third kappa shape index (κ3) is 6.67. The molecule has 0 bridgehead atoms. The molecule has 1 aliphatic heterocycles. The van der Waals surface area contributed by atoms with Crippen molar-refractivity contribution in [3.63, 3.8) is 0 Å². The highest BCUT2D eigenvalue weighted by Crippen LogP contribution is 2.39. The van der Waals surface area contributed by atoms with Crippen LogP contribution in [0.5, 0.6) is 11.5 Å². The number of carboxylic acid groups (broad SMARTS) is 1. The van der Waals surface area contributed by atoms with Gasteiger partial charge in [-0.05, 0) is 68.8 Å². The van der Waals surface area contributed by atoms with Crippen molar-refractivity contribution < 1.29 is 33.3 Å². The van der Waals surface area contributed by atoms with Gasteiger partial charge in [0, 0.05) is 17.2 Å². The second-order valence-corrected chi connectivity index (χ2v) is 12.1. The monoisotopic (exact) mass is 698 g/mol. The summed E-state index contributed by atoms with van der Waals surface area (Å²) < 4.78 is 25.1. The lowest BCUT2D eigenvalue weighted by Crippen LogP contribution is -2.40. The number of nitrogens with zero attached hydrogens (tertiary/aromatic N) is 2. The number of fused-ring (bicyclic) bond motifs is 1. The molecule has 0 saturated heterocycles. The van der Waals surface area contributed by atoms with Crippen LogP contribution in [0.15, 0.2) is 98.6 Å². The molecule has 6 rings (SSSR count). The van der Waals surface area contributed by atoms with Gasteiger partial charge in [-0.1, -0.05) is 59.3 Å². The van der Waals surface area contributed by atoms with Gasteiger partial charge >= 0.3 is 11.9 Å². The molecule has 3 heterocycles. The second kappa shape index (κ2) is 14.4. The van der Waals surface area contributed by atoms with E-state index in [-0.39, 0.29) is 22.8 Å². The molecule has 0 saturated carbocycles. The van der Waals surface area contributed by atoms with Crippen LogP contribution < -0.4 is 24.4 Å². The number of carboxylic acids is 1. The number of hydrogen-bond donors (Lipinski definition) is 1. The van der Waals surface area contributed by atoms with Crippen molar-refractivity contribution in [1.29, 1.82) is 0 Å². The Morgan fingerprint density at radius 2 is 1.69 bits per heavy atom. The standard InChI is InChI=1S/C37H31ClN2O8S/c1-4-45-28-16-13-23(19-29(28)46-5-2)33-31(36(44)47-6-3)32(21-10-8-7-9-11-21)39-37-40(33)34(41)30(49-37)20-24-14-17-27(48-24)22-12-15-26(38)25(18-22)35(42)43/h7-20,33H,4-6H2,1-3H3,(H,42,43)/b30-20+/t33-/m1/s1. The molecule has 49 heavy (non-hydrogen) atoms. The lowest BCUT2D eigenvalue weighted by atomic mass is 9.93. The predicted molar refractivity (Wildman–Crippen MR) is 186 cm³/mol. The fourth-order valence-electron chi connectivity index (χ4n) is 5.55. The van der Waals surface area contributed by atoms with Gasteiger partial charge in [0.25, 0.3) is 5.56 Å². The SMILES string of the molecule is CCOC(=O)C1=C(c2ccccc2)N=c2s/c(=C/c3ccc(-c4ccc(Cl)c(C(=O)O)c4)o3)c(=O)n2[C@@H]1c1ccc(OCC)c(OCC)c1. The van der Waals surface area contributed by atoms with E-state index in [1.165, 1.54) is 16.7 Å². The van der Waals surface area contributed by atoms with Crippen LogP contribution in [0.25, 0.3) is 23.1 Å². The zero-order valence-corrected chi connectivity index (χ0v) is 28.3. The largest absolute Gasteiger partial charge is 0.490 e. The maximum Gasteiger partial charge on any atom is 0.338 e. The molecule has 0 unspecified atom stereocenters. The number of esters is 1. The van der Waals surface area contributed by atoms with Crippen molar-refractivity contribution >= 4 is 46.6 Å². The summed E-state index contributed by atoms with van der Waals surface area (Å²) in [6, 6.07) is 21.6. The summed E-state index contributed by atoms with van der Waals surface area (Å²) in [7, 11) is 0. The van der Waals surface area contributed by atoms with Crippen molar-refractivity contribution in [3.8, 4) is 22.8 Å². The summed E-state index contributed by atoms with van der Waals surface area (Å²) in [6.07, 6.45) is 1.60. The third-order valence-electron chi connectivity index (χ3n) is 7.64. The molecule has 0 radical (unpaired) electrons. The van der Waals surface area contributed by atoms with Crippen LogP contribution >= 0.6 is 22.9 Å². The van der Waals surface area contributed by atoms with Crippen LogP contribution in [0, 0.1) is 0 Å². The van der Waals surface area contributed by atoms with Crippen LogP contribution in [0.3, 0.4) is 0 Å². The van der Waals surface area contributed by atoms with Crippen LogP contribution in [-0.4, -0.2) is 41.4 Å². The molecule has 2 aromatic heterocycles. The van der Waals surface area contributed by atoms with Crippen molar-refractivity contribution in [2.75, 3.05) is 19.8 Å². The summed E-state index contributed by atoms with van der Waals surface area (Å²) in [6.45, 7) is 6.38. The van der Waals surface area contributed by atoms with Gasteiger partial charge in [0.05, 0.1) is 52.3 Å². The second-order valence-electron chi connectivity index (χ2n) is 10.7. The molecular formula is C37H31ClN2O8S. The summed E-state index contributed by atoms with van der Waals surface area (Å²) in [5.41, 5.74) is 1.93. The average molecular weight is 699 g/mol. The van der Waals surface area contributed by atoms with E-state index >= 15 is 0 Å². The van der Waals surface area contributed by atoms with Crippen molar-refractivity contribution in [2.24, 2.45) is 4.99 Å². The molecule has 5 aromatic rings. The summed E-state index contributed by atoms with van der Waals surface area (Å²) in [4.78, 5) is 45.0. The Hall–Kier alpha value is -5.39. The van der Waals surface area contributed by atoms with Gasteiger partial charge in [0.2, 0.25) is 0 Å². The Morgan fingerprint density at radius 3 is 2.41 bits per heavy atom. The number of halogens is 1. The van der Waals surface area contributed by atoms with Gasteiger partial charge in [-0.3, -0.25) is 9.36 Å². The lowest BCUT2D eigenvalue weighted by Gasteiger charge is -2.26. The maximum absolute atomic E-state index is 14.3. The topological polar surface area (TPSA) is 130 Å². The van der Waals surface area contributed by atoms with Gasteiger partial charge in [0.15, 0.2) is 16.3 Å². The number of carbonyl (C=O) groups is 2. The highest BCUT2D eigenvalue weighted by Gasteiger charge is 2.35. The smallest absolute Gasteiger partial charge is 0.338 e. The maximum atomic E-state index is 14.3. The van der Waals surface area contributed by atoms with Crippen LogP contribution in [0.4, 0.5) is 0 Å². The van der Waals surface area contributed by atoms with Crippen molar-refractivity contribution in [1.82, 2.24) is 4.57 Å². The highest BCUT2D eigenvalue weighted by atomic mass is 35.5. The number of rotatable bonds is 11. The Kier molecular flexibility index (Phi) is 9.84. The normalized spacial score (nSPS) is 14.3. The van der Waals surface area contributed by atoms with E-state index in [1.807, 2.05) is 44.2 Å². The number of aromatic carboxylic acids is 1. The van der Waals surface area contributed by atoms with Gasteiger partial charge in [0.1, 0.15) is 11.5 Å². The van der Waals surface area contributed by atoms with E-state index in [4.69, 9.17) is 35.2 Å². The van der Waals surface area contributed by atoms with Gasteiger partial charge in [-0.2, -0.15) is 0 Å². The fraction of sp³-hybridized carbons (Fsp3) is 0.189. The average Bonchev–Trinajstić information content (AvgIpc) is 3.69. The first-order valence-electron chi connectivity index (χ1n) is 15.5. The van der Waals surface area contributed by atoms with Crippen molar-refractivity contribution in [2.45, 2.75) is 26.8 Å². The van der Waals surface area contributed by atoms with E-state index in [1.54, 1.807) is 49.4 Å². The highest BCUT2D eigenvalue weighted by molar-refractivity contribution is 7.07. The van der Waals surface area contributed by atoms with E-state index in [2.05, 4.69) is 0 Å². The molecule has 1 aliphatic rings. The Morgan fingerprint density at radius 1 is 0.939 bits per heavy atom. The molecule has 0 aliphatic carbocycles. The van der Waals surface area contributed by atoms with E-state index < -0.39 is 23.5 Å². The summed E-state index contributed by atoms with van der Waals surface area (Å²) >= 11 is 7.20. The van der Waals surface area contributed by atoms with Gasteiger partial charge in [-0.25, -0.2) is 14.6 Å². The zero-order valence-electron chi connectivity index (χ0n) is 26.8. The van der Waals surface area contributed by atoms with E-state index in [0.29, 0.717) is 68.0 Å². The quantitative estimate of drug-likeness (QED) is 0.158. The predicted octanol–water partition coefficient (Wildman–Crippen LogP) is 6.34. The van der Waals surface area contributed by atoms with Crippen LogP contribution in [0.1, 0.15) is 54.1 Å². The summed E-state index contributed by atoms with van der Waals surface area (Å²) in [5, 5.41) is 9.60. The molecule has 0 spiro atoms. The molecule has 12 heteroatoms. The summed E-state index contributed by atoms with van der Waals surface area (Å²) in [5.74, 6) is 0.000942. The van der Waals surface area contributed by atoms with Gasteiger partial charge < -0.3 is 23.7 Å². The first kappa shape index (κ1) is 33.5. The minimum Gasteiger partial charge on any atom is -0.490 e. The van der Waals surface area contributed by atoms with E-state index in [9.17, 15) is 19.5 Å². The molecule has 1 N–H and O–H groups in total. The van der Waals surface area contributed by atoms with Gasteiger partial charge in [-0.15, -0.1) is 0 Å². The number of ether oxygens (including phenoxy) is 3. The number of thiazole rings is 1. The van der Waals surface area contributed by atoms with E-state index in [0.717, 1.165) is 11.3 Å². The Labute approximate surface area is 289 Å². The minimum absolute atomic E-state index is 0.0566. The number of benzene rings is 3. The van der Waals surface area contributed by atoms with Crippen LogP contribution in [0.2, 0.25) is 5.02 Å². The number of hydrogen-bond acceptors (Lipinski definition) is 9. The minimum atomic E-state index is -1.16. The van der Waals surface area contributed by atoms with Crippen molar-refractivity contribution in [3.05, 3.63) is 132 Å². The molecule has 0 amide bonds. The first-order chi connectivity index (χ1) is 23.7.